The minimum Gasteiger partial charge on any atom is -0.668 e. The molecule has 2 heterocycles. The average Bonchev–Trinajstić information content (AvgIpc) is 4.17. The third-order valence-corrected chi connectivity index (χ3v) is 17.9. The number of aromatic nitrogens is 2. The molecule has 1 radical (unpaired) electrons. The SMILES string of the molecule is CN(C)c1ccc2ccccc2c1-c1c(N=Cc2ccc[n-]2)ccc2ccccc12.CN(C)c1ccc2ccccc2c1-c1c(N=Cc2ccc[n-]2)ccc2ccccc12.C[Si](C)(C)[N-][Si](C)(C)C.Cc1ccccc1.[Sm+3]. The summed E-state index contributed by atoms with van der Waals surface area (Å²) in [6.07, 6.45) is 7.26. The number of nitrogens with zero attached hydrogens (tertiary/aromatic N) is 7. The Morgan fingerprint density at radius 3 is 0.987 bits per heavy atom. The van der Waals surface area contributed by atoms with Crippen LogP contribution in [0, 0.1) is 47.3 Å². The number of anilines is 2. The molecular formula is C67H70N7Si2Sm. The van der Waals surface area contributed by atoms with Gasteiger partial charge in [0.15, 0.2) is 0 Å². The van der Waals surface area contributed by atoms with Gasteiger partial charge in [-0.05, 0) is 74.3 Å². The van der Waals surface area contributed by atoms with E-state index in [1.807, 2.05) is 54.9 Å². The fraction of sp³-hybridized carbons (Fsp3) is 0.164. The van der Waals surface area contributed by atoms with Gasteiger partial charge in [-0.15, -0.1) is 11.4 Å². The van der Waals surface area contributed by atoms with E-state index in [0.29, 0.717) is 0 Å². The first-order valence-corrected chi connectivity index (χ1v) is 32.9. The van der Waals surface area contributed by atoms with Gasteiger partial charge in [0.05, 0.1) is 11.4 Å². The van der Waals surface area contributed by atoms with Crippen LogP contribution in [0.1, 0.15) is 17.0 Å². The van der Waals surface area contributed by atoms with E-state index in [2.05, 4.69) is 252 Å². The van der Waals surface area contributed by atoms with E-state index in [0.717, 1.165) is 33.9 Å². The van der Waals surface area contributed by atoms with Crippen LogP contribution in [0.4, 0.5) is 22.7 Å². The first-order valence-electron chi connectivity index (χ1n) is 26.0. The monoisotopic (exact) mass is 1180 g/mol. The summed E-state index contributed by atoms with van der Waals surface area (Å²) in [5.41, 5.74) is 12.0. The number of hydrogen-bond donors (Lipinski definition) is 0. The second-order valence-corrected chi connectivity index (χ2v) is 30.8. The van der Waals surface area contributed by atoms with Crippen LogP contribution in [0.2, 0.25) is 39.3 Å². The quantitative estimate of drug-likeness (QED) is 0.101. The topological polar surface area (TPSA) is 73.5 Å². The van der Waals surface area contributed by atoms with E-state index >= 15 is 0 Å². The molecule has 11 rings (SSSR count). The molecule has 9 aromatic carbocycles. The zero-order chi connectivity index (χ0) is 53.8. The van der Waals surface area contributed by atoms with Crippen molar-refractivity contribution in [1.29, 1.82) is 0 Å². The predicted octanol–water partition coefficient (Wildman–Crippen LogP) is 17.9. The van der Waals surface area contributed by atoms with E-state index < -0.39 is 16.5 Å². The summed E-state index contributed by atoms with van der Waals surface area (Å²) in [4.78, 5) is 22.8. The van der Waals surface area contributed by atoms with Crippen LogP contribution < -0.4 is 19.8 Å². The first kappa shape index (κ1) is 57.9. The van der Waals surface area contributed by atoms with Gasteiger partial charge < -0.3 is 24.4 Å². The standard InChI is InChI=1S/2C27H22N3.C7H8.C6H18NSi2.Sm/c2*1-30(2)25-16-14-20-9-4-6-12-23(20)27(25)26-22-11-5-3-8-19(22)13-15-24(26)29-18-21-10-7-17-28-21;1-7-5-3-2-4-6-7;1-8(2,3)7-9(4,5)6;/h2*3-18H,1-2H3;2-6H,1H3;1-6H3;/q2*-1;;-1;+3. The smallest absolute Gasteiger partial charge is 0.668 e. The molecule has 7 nitrogen and oxygen atoms in total. The van der Waals surface area contributed by atoms with Crippen molar-refractivity contribution in [3.8, 4) is 22.3 Å². The van der Waals surface area contributed by atoms with E-state index in [4.69, 9.17) is 14.6 Å². The van der Waals surface area contributed by atoms with Gasteiger partial charge >= 0.3 is 40.4 Å². The molecule has 0 saturated carbocycles. The molecular weight excluding hydrogens is 1110 g/mol. The molecule has 0 aliphatic carbocycles. The second kappa shape index (κ2) is 26.5. The molecule has 0 unspecified atom stereocenters. The van der Waals surface area contributed by atoms with Gasteiger partial charge in [-0.1, -0.05) is 237 Å². The Balaban J connectivity index is 0.000000173. The van der Waals surface area contributed by atoms with Crippen molar-refractivity contribution >= 4 is 94.7 Å². The molecule has 0 aliphatic heterocycles. The van der Waals surface area contributed by atoms with Crippen molar-refractivity contribution in [2.24, 2.45) is 9.98 Å². The van der Waals surface area contributed by atoms with Crippen LogP contribution in [-0.4, -0.2) is 57.1 Å². The summed E-state index contributed by atoms with van der Waals surface area (Å²) in [6, 6.07) is 69.5. The zero-order valence-corrected chi connectivity index (χ0v) is 51.0. The summed E-state index contributed by atoms with van der Waals surface area (Å²) in [7, 11) is 6.16. The van der Waals surface area contributed by atoms with Gasteiger partial charge in [-0.2, -0.15) is 12.4 Å². The molecule has 0 fully saturated rings. The molecule has 387 valence electrons. The summed E-state index contributed by atoms with van der Waals surface area (Å²) in [5, 5.41) is 9.69. The third-order valence-electron chi connectivity index (χ3n) is 12.5. The first-order chi connectivity index (χ1) is 36.5. The van der Waals surface area contributed by atoms with Crippen LogP contribution in [0.3, 0.4) is 0 Å². The molecule has 0 amide bonds. The Morgan fingerprint density at radius 2 is 0.701 bits per heavy atom. The van der Waals surface area contributed by atoms with Crippen LogP contribution in [0.5, 0.6) is 0 Å². The summed E-state index contributed by atoms with van der Waals surface area (Å²) in [6.45, 7) is 15.9. The van der Waals surface area contributed by atoms with Crippen molar-refractivity contribution in [3.63, 3.8) is 0 Å². The summed E-state index contributed by atoms with van der Waals surface area (Å²) < 4.78 is 4.82. The van der Waals surface area contributed by atoms with Gasteiger partial charge in [-0.25, -0.2) is 0 Å². The van der Waals surface area contributed by atoms with Crippen molar-refractivity contribution in [2.45, 2.75) is 46.2 Å². The van der Waals surface area contributed by atoms with Gasteiger partial charge in [-0.3, -0.25) is 9.98 Å². The maximum absolute atomic E-state index is 4.88. The molecule has 0 atom stereocenters. The van der Waals surface area contributed by atoms with Crippen molar-refractivity contribution < 1.29 is 40.4 Å². The van der Waals surface area contributed by atoms with Crippen LogP contribution >= 0.6 is 0 Å². The molecule has 77 heavy (non-hydrogen) atoms. The van der Waals surface area contributed by atoms with Crippen molar-refractivity contribution in [2.75, 3.05) is 38.0 Å². The maximum atomic E-state index is 4.88. The summed E-state index contributed by atoms with van der Waals surface area (Å²) in [5.74, 6) is 0. The number of aliphatic imine (C=N–C) groups is 2. The Hall–Kier alpha value is -6.75. The average molecular weight is 1180 g/mol. The van der Waals surface area contributed by atoms with Crippen LogP contribution in [-0.2, 0) is 0 Å². The maximum Gasteiger partial charge on any atom is 3.00 e. The fourth-order valence-electron chi connectivity index (χ4n) is 9.64. The predicted molar refractivity (Wildman–Crippen MR) is 338 cm³/mol. The largest absolute Gasteiger partial charge is 3.00 e. The number of benzene rings is 9. The zero-order valence-electron chi connectivity index (χ0n) is 46.4. The minimum absolute atomic E-state index is 0. The summed E-state index contributed by atoms with van der Waals surface area (Å²) >= 11 is 0. The Morgan fingerprint density at radius 1 is 0.377 bits per heavy atom. The molecule has 0 bridgehead atoms. The van der Waals surface area contributed by atoms with Crippen LogP contribution in [0.15, 0.2) is 223 Å². The van der Waals surface area contributed by atoms with E-state index in [9.17, 15) is 0 Å². The second-order valence-electron chi connectivity index (χ2n) is 21.3. The number of hydrogen-bond acceptors (Lipinski definition) is 4. The molecule has 10 heteroatoms. The molecule has 0 aliphatic rings. The molecule has 0 saturated heterocycles. The Kier molecular flexibility index (Phi) is 20.0. The minimum atomic E-state index is -1.11. The third kappa shape index (κ3) is 15.3. The number of aryl methyl sites for hydroxylation is 1. The molecule has 2 aromatic heterocycles. The molecule has 0 N–H and O–H groups in total. The van der Waals surface area contributed by atoms with Crippen LogP contribution in [0.25, 0.3) is 70.0 Å². The van der Waals surface area contributed by atoms with E-state index in [1.54, 1.807) is 12.4 Å². The number of fused-ring (bicyclic) bond motifs is 4. The molecule has 0 spiro atoms. The number of rotatable bonds is 10. The fourth-order valence-corrected chi connectivity index (χ4v) is 17.7. The molecule has 11 aromatic rings. The van der Waals surface area contributed by atoms with Crippen molar-refractivity contribution in [1.82, 2.24) is 9.97 Å². The van der Waals surface area contributed by atoms with Gasteiger partial charge in [0.25, 0.3) is 0 Å². The van der Waals surface area contributed by atoms with Crippen molar-refractivity contribution in [3.05, 3.63) is 234 Å². The van der Waals surface area contributed by atoms with Gasteiger partial charge in [0, 0.05) is 74.2 Å². The normalized spacial score (nSPS) is 11.4. The van der Waals surface area contributed by atoms with E-state index in [-0.39, 0.29) is 40.4 Å². The Labute approximate surface area is 491 Å². The van der Waals surface area contributed by atoms with Gasteiger partial charge in [0.1, 0.15) is 0 Å². The Bertz CT molecular complexity index is 3500. The van der Waals surface area contributed by atoms with E-state index in [1.165, 1.54) is 71.2 Å². The van der Waals surface area contributed by atoms with Gasteiger partial charge in [0.2, 0.25) is 0 Å².